The summed E-state index contributed by atoms with van der Waals surface area (Å²) in [6, 6.07) is 20.9. The fourth-order valence-corrected chi connectivity index (χ4v) is 4.03. The van der Waals surface area contributed by atoms with E-state index in [1.807, 2.05) is 66.7 Å². The van der Waals surface area contributed by atoms with Crippen LogP contribution in [0.2, 0.25) is 4.34 Å². The molecule has 146 valence electrons. The lowest BCUT2D eigenvalue weighted by atomic mass is 10.1. The molecule has 0 aliphatic heterocycles. The number of ether oxygens (including phenoxy) is 1. The van der Waals surface area contributed by atoms with Crippen LogP contribution in [0.15, 0.2) is 72.9 Å². The Morgan fingerprint density at radius 2 is 1.86 bits per heavy atom. The minimum absolute atomic E-state index is 0.211. The number of nitrogens with one attached hydrogen (secondary N) is 1. The summed E-state index contributed by atoms with van der Waals surface area (Å²) in [6.45, 7) is 0.401. The van der Waals surface area contributed by atoms with Gasteiger partial charge in [0.15, 0.2) is 0 Å². The predicted octanol–water partition coefficient (Wildman–Crippen LogP) is 5.19. The Morgan fingerprint density at radius 3 is 2.59 bits per heavy atom. The van der Waals surface area contributed by atoms with Gasteiger partial charge in [-0.15, -0.1) is 11.3 Å². The summed E-state index contributed by atoms with van der Waals surface area (Å²) in [5.41, 5.74) is 2.66. The number of halogens is 1. The number of methoxy groups -OCH3 is 1. The molecule has 0 fully saturated rings. The van der Waals surface area contributed by atoms with E-state index < -0.39 is 0 Å². The summed E-state index contributed by atoms with van der Waals surface area (Å²) in [7, 11) is 1.60. The Morgan fingerprint density at radius 1 is 1.10 bits per heavy atom. The SMILES string of the molecule is COc1ccccc1-c1nn(-c2ccccc2)cc1C(=O)NCc1ccc(Cl)s1. The van der Waals surface area contributed by atoms with E-state index in [9.17, 15) is 4.79 Å². The number of nitrogens with zero attached hydrogens (tertiary/aromatic N) is 2. The Hall–Kier alpha value is -3.09. The summed E-state index contributed by atoms with van der Waals surface area (Å²) < 4.78 is 7.89. The molecular weight excluding hydrogens is 406 g/mol. The topological polar surface area (TPSA) is 56.2 Å². The number of thiophene rings is 1. The van der Waals surface area contributed by atoms with Crippen LogP contribution in [0.4, 0.5) is 0 Å². The maximum Gasteiger partial charge on any atom is 0.255 e. The van der Waals surface area contributed by atoms with Crippen LogP contribution in [0.3, 0.4) is 0 Å². The van der Waals surface area contributed by atoms with E-state index >= 15 is 0 Å². The third kappa shape index (κ3) is 4.18. The van der Waals surface area contributed by atoms with Gasteiger partial charge in [0.25, 0.3) is 5.91 Å². The van der Waals surface area contributed by atoms with Crippen LogP contribution in [0.25, 0.3) is 16.9 Å². The van der Waals surface area contributed by atoms with Crippen molar-refractivity contribution < 1.29 is 9.53 Å². The molecule has 1 N–H and O–H groups in total. The van der Waals surface area contributed by atoms with Gasteiger partial charge in [0.1, 0.15) is 11.4 Å². The fourth-order valence-electron chi connectivity index (χ4n) is 3.00. The molecule has 0 saturated carbocycles. The van der Waals surface area contributed by atoms with Gasteiger partial charge in [-0.1, -0.05) is 41.9 Å². The number of benzene rings is 2. The summed E-state index contributed by atoms with van der Waals surface area (Å²) in [5, 5.41) is 7.66. The lowest BCUT2D eigenvalue weighted by Crippen LogP contribution is -2.22. The lowest BCUT2D eigenvalue weighted by Gasteiger charge is -2.08. The fraction of sp³-hybridized carbons (Fsp3) is 0.0909. The molecule has 0 unspecified atom stereocenters. The van der Waals surface area contributed by atoms with Gasteiger partial charge < -0.3 is 10.1 Å². The minimum atomic E-state index is -0.211. The molecule has 0 aliphatic carbocycles. The third-order valence-electron chi connectivity index (χ3n) is 4.39. The molecular formula is C22H18ClN3O2S. The number of hydrogen-bond acceptors (Lipinski definition) is 4. The summed E-state index contributed by atoms with van der Waals surface area (Å²) in [4.78, 5) is 14.0. The van der Waals surface area contributed by atoms with Gasteiger partial charge in [0, 0.05) is 16.6 Å². The Labute approximate surface area is 177 Å². The van der Waals surface area contributed by atoms with Crippen LogP contribution in [0, 0.1) is 0 Å². The summed E-state index contributed by atoms with van der Waals surface area (Å²) in [6.07, 6.45) is 1.74. The number of rotatable bonds is 6. The van der Waals surface area contributed by atoms with Crippen molar-refractivity contribution in [3.63, 3.8) is 0 Å². The zero-order valence-electron chi connectivity index (χ0n) is 15.6. The average molecular weight is 424 g/mol. The normalized spacial score (nSPS) is 10.7. The van der Waals surface area contributed by atoms with E-state index in [4.69, 9.17) is 21.4 Å². The van der Waals surface area contributed by atoms with Crippen molar-refractivity contribution in [2.24, 2.45) is 0 Å². The quantitative estimate of drug-likeness (QED) is 0.464. The monoisotopic (exact) mass is 423 g/mol. The van der Waals surface area contributed by atoms with Crippen LogP contribution in [0.1, 0.15) is 15.2 Å². The van der Waals surface area contributed by atoms with Crippen molar-refractivity contribution in [1.82, 2.24) is 15.1 Å². The van der Waals surface area contributed by atoms with Gasteiger partial charge >= 0.3 is 0 Å². The second-order valence-electron chi connectivity index (χ2n) is 6.26. The molecule has 2 aromatic carbocycles. The molecule has 0 saturated heterocycles. The molecule has 4 rings (SSSR count). The molecule has 2 heterocycles. The number of carbonyl (C=O) groups excluding carboxylic acids is 1. The lowest BCUT2D eigenvalue weighted by molar-refractivity contribution is 0.0952. The molecule has 7 heteroatoms. The largest absolute Gasteiger partial charge is 0.496 e. The minimum Gasteiger partial charge on any atom is -0.496 e. The van der Waals surface area contributed by atoms with Crippen molar-refractivity contribution in [3.8, 4) is 22.7 Å². The van der Waals surface area contributed by atoms with Gasteiger partial charge in [-0.25, -0.2) is 4.68 Å². The maximum absolute atomic E-state index is 13.0. The van der Waals surface area contributed by atoms with Crippen molar-refractivity contribution in [2.45, 2.75) is 6.54 Å². The first-order chi connectivity index (χ1) is 14.2. The molecule has 29 heavy (non-hydrogen) atoms. The Bertz CT molecular complexity index is 1140. The molecule has 0 radical (unpaired) electrons. The second kappa shape index (κ2) is 8.51. The van der Waals surface area contributed by atoms with Gasteiger partial charge in [-0.3, -0.25) is 4.79 Å². The molecule has 0 spiro atoms. The molecule has 0 aliphatic rings. The molecule has 1 amide bonds. The van der Waals surface area contributed by atoms with Crippen molar-refractivity contribution >= 4 is 28.8 Å². The number of carbonyl (C=O) groups is 1. The van der Waals surface area contributed by atoms with Crippen LogP contribution in [-0.4, -0.2) is 22.8 Å². The molecule has 4 aromatic rings. The zero-order valence-corrected chi connectivity index (χ0v) is 17.2. The first-order valence-electron chi connectivity index (χ1n) is 8.96. The first kappa shape index (κ1) is 19.2. The highest BCUT2D eigenvalue weighted by Crippen LogP contribution is 2.32. The highest BCUT2D eigenvalue weighted by atomic mass is 35.5. The van der Waals surface area contributed by atoms with Crippen LogP contribution in [0.5, 0.6) is 5.75 Å². The number of hydrogen-bond donors (Lipinski definition) is 1. The summed E-state index contributed by atoms with van der Waals surface area (Å²) in [5.74, 6) is 0.447. The highest BCUT2D eigenvalue weighted by Gasteiger charge is 2.21. The Kier molecular flexibility index (Phi) is 5.64. The molecule has 5 nitrogen and oxygen atoms in total. The molecule has 0 bridgehead atoms. The van der Waals surface area contributed by atoms with Gasteiger partial charge in [0.05, 0.1) is 29.2 Å². The van der Waals surface area contributed by atoms with Gasteiger partial charge in [0.2, 0.25) is 0 Å². The van der Waals surface area contributed by atoms with Crippen molar-refractivity contribution in [2.75, 3.05) is 7.11 Å². The van der Waals surface area contributed by atoms with E-state index in [0.29, 0.717) is 27.9 Å². The van der Waals surface area contributed by atoms with Crippen molar-refractivity contribution in [1.29, 1.82) is 0 Å². The van der Waals surface area contributed by atoms with E-state index in [-0.39, 0.29) is 5.91 Å². The summed E-state index contributed by atoms with van der Waals surface area (Å²) >= 11 is 7.42. The van der Waals surface area contributed by atoms with Crippen molar-refractivity contribution in [3.05, 3.63) is 87.7 Å². The smallest absolute Gasteiger partial charge is 0.255 e. The van der Waals surface area contributed by atoms with Crippen LogP contribution >= 0.6 is 22.9 Å². The molecule has 0 atom stereocenters. The first-order valence-corrected chi connectivity index (χ1v) is 10.2. The average Bonchev–Trinajstić information content (AvgIpc) is 3.39. The molecule has 2 aromatic heterocycles. The van der Waals surface area contributed by atoms with Gasteiger partial charge in [-0.05, 0) is 36.4 Å². The zero-order chi connectivity index (χ0) is 20.2. The maximum atomic E-state index is 13.0. The van der Waals surface area contributed by atoms with E-state index in [0.717, 1.165) is 16.1 Å². The number of para-hydroxylation sites is 2. The van der Waals surface area contributed by atoms with E-state index in [1.54, 1.807) is 18.0 Å². The van der Waals surface area contributed by atoms with Crippen LogP contribution in [-0.2, 0) is 6.54 Å². The van der Waals surface area contributed by atoms with Crippen LogP contribution < -0.4 is 10.1 Å². The predicted molar refractivity (Wildman–Crippen MR) is 116 cm³/mol. The second-order valence-corrected chi connectivity index (χ2v) is 8.06. The number of amides is 1. The number of aromatic nitrogens is 2. The van der Waals surface area contributed by atoms with E-state index in [2.05, 4.69) is 5.32 Å². The van der Waals surface area contributed by atoms with Gasteiger partial charge in [-0.2, -0.15) is 5.10 Å². The highest BCUT2D eigenvalue weighted by molar-refractivity contribution is 7.16. The van der Waals surface area contributed by atoms with E-state index in [1.165, 1.54) is 11.3 Å². The Balaban J connectivity index is 1.72. The standard InChI is InChI=1S/C22H18ClN3O2S/c1-28-19-10-6-5-9-17(19)21-18(14-26(25-21)15-7-3-2-4-8-15)22(27)24-13-16-11-12-20(23)29-16/h2-12,14H,13H2,1H3,(H,24,27). The third-order valence-corrected chi connectivity index (χ3v) is 5.62.